The molecular weight excluding hydrogens is 579 g/mol. The maximum atomic E-state index is 13.5. The number of anilines is 1. The zero-order valence-electron chi connectivity index (χ0n) is 25.1. The molecule has 0 spiro atoms. The van der Waals surface area contributed by atoms with Crippen LogP contribution in [0.5, 0.6) is 0 Å². The smallest absolute Gasteiger partial charge is 0.408 e. The molecule has 230 valence electrons. The summed E-state index contributed by atoms with van der Waals surface area (Å²) in [6, 6.07) is 11.3. The SMILES string of the molecule is CC(C)C(NC(=O)OC(C)(C)C)C(=O)Nc1cccc([C@@H](CN2CC[C@H](O)C2)N(C)C(=O)Cc2ccc(Cl)c(Cl)c2)c1. The number of alkyl carbamates (subject to hydrolysis) is 1. The van der Waals surface area contributed by atoms with Crippen molar-refractivity contribution in [1.82, 2.24) is 15.1 Å². The third-order valence-electron chi connectivity index (χ3n) is 7.04. The maximum absolute atomic E-state index is 13.5. The van der Waals surface area contributed by atoms with Crippen LogP contribution in [0.15, 0.2) is 42.5 Å². The second-order valence-electron chi connectivity index (χ2n) is 12.1. The molecule has 2 aromatic carbocycles. The molecule has 3 amide bonds. The van der Waals surface area contributed by atoms with E-state index in [1.807, 2.05) is 32.0 Å². The van der Waals surface area contributed by atoms with E-state index < -0.39 is 23.8 Å². The number of carbonyl (C=O) groups is 3. The second kappa shape index (κ2) is 14.6. The molecule has 9 nitrogen and oxygen atoms in total. The summed E-state index contributed by atoms with van der Waals surface area (Å²) in [7, 11) is 1.75. The fraction of sp³-hybridized carbons (Fsp3) is 0.516. The van der Waals surface area contributed by atoms with Gasteiger partial charge in [0.25, 0.3) is 0 Å². The molecule has 1 unspecified atom stereocenters. The van der Waals surface area contributed by atoms with Crippen molar-refractivity contribution in [3.63, 3.8) is 0 Å². The first-order valence-corrected chi connectivity index (χ1v) is 14.9. The zero-order valence-corrected chi connectivity index (χ0v) is 26.6. The third-order valence-corrected chi connectivity index (χ3v) is 7.78. The minimum atomic E-state index is -0.819. The number of benzene rings is 2. The van der Waals surface area contributed by atoms with E-state index in [0.717, 1.165) is 17.7 Å². The number of amides is 3. The molecule has 1 saturated heterocycles. The molecule has 1 aliphatic rings. The number of ether oxygens (including phenoxy) is 1. The van der Waals surface area contributed by atoms with E-state index in [1.54, 1.807) is 57.0 Å². The van der Waals surface area contributed by atoms with Crippen LogP contribution in [-0.4, -0.2) is 77.2 Å². The van der Waals surface area contributed by atoms with Crippen LogP contribution in [0.3, 0.4) is 0 Å². The average Bonchev–Trinajstić information content (AvgIpc) is 3.31. The summed E-state index contributed by atoms with van der Waals surface area (Å²) >= 11 is 12.2. The van der Waals surface area contributed by atoms with Gasteiger partial charge in [0.15, 0.2) is 0 Å². The molecule has 3 rings (SSSR count). The van der Waals surface area contributed by atoms with Gasteiger partial charge >= 0.3 is 6.09 Å². The Bertz CT molecular complexity index is 1270. The van der Waals surface area contributed by atoms with E-state index in [4.69, 9.17) is 27.9 Å². The van der Waals surface area contributed by atoms with Gasteiger partial charge in [0.2, 0.25) is 11.8 Å². The van der Waals surface area contributed by atoms with Crippen LogP contribution < -0.4 is 10.6 Å². The number of aliphatic hydroxyl groups excluding tert-OH is 1. The van der Waals surface area contributed by atoms with E-state index in [2.05, 4.69) is 15.5 Å². The first kappa shape index (κ1) is 33.6. The van der Waals surface area contributed by atoms with Gasteiger partial charge < -0.3 is 25.4 Å². The van der Waals surface area contributed by atoms with E-state index in [9.17, 15) is 19.5 Å². The standard InChI is InChI=1S/C31H42Cl2N4O5/c1-19(2)28(35-30(41)42-31(3,4)5)29(40)34-22-9-7-8-21(16-22)26(18-37-13-12-23(38)17-37)36(6)27(39)15-20-10-11-24(32)25(33)14-20/h7-11,14,16,19,23,26,28,38H,12-13,15,17-18H2,1-6H3,(H,34,40)(H,35,41)/t23-,26+,28?/m0/s1. The Morgan fingerprint density at radius 2 is 1.83 bits per heavy atom. The highest BCUT2D eigenvalue weighted by molar-refractivity contribution is 6.42. The van der Waals surface area contributed by atoms with Gasteiger partial charge in [0.05, 0.1) is 28.6 Å². The minimum Gasteiger partial charge on any atom is -0.444 e. The van der Waals surface area contributed by atoms with Crippen molar-refractivity contribution in [3.05, 3.63) is 63.6 Å². The summed E-state index contributed by atoms with van der Waals surface area (Å²) in [5.41, 5.74) is 1.40. The number of nitrogens with zero attached hydrogens (tertiary/aromatic N) is 2. The van der Waals surface area contributed by atoms with Crippen molar-refractivity contribution in [3.8, 4) is 0 Å². The second-order valence-corrected chi connectivity index (χ2v) is 12.9. The lowest BCUT2D eigenvalue weighted by Gasteiger charge is -2.32. The first-order valence-electron chi connectivity index (χ1n) is 14.1. The summed E-state index contributed by atoms with van der Waals surface area (Å²) in [5.74, 6) is -0.689. The van der Waals surface area contributed by atoms with Gasteiger partial charge in [-0.1, -0.05) is 55.2 Å². The van der Waals surface area contributed by atoms with E-state index in [1.165, 1.54) is 0 Å². The Labute approximate surface area is 258 Å². The number of hydrogen-bond acceptors (Lipinski definition) is 6. The number of likely N-dealkylation sites (N-methyl/N-ethyl adjacent to an activating group) is 1. The molecule has 0 radical (unpaired) electrons. The fourth-order valence-electron chi connectivity index (χ4n) is 4.81. The van der Waals surface area contributed by atoms with Crippen molar-refractivity contribution in [2.24, 2.45) is 5.92 Å². The summed E-state index contributed by atoms with van der Waals surface area (Å²) in [6.07, 6.45) is -0.264. The summed E-state index contributed by atoms with van der Waals surface area (Å²) in [6.45, 7) is 10.7. The summed E-state index contributed by atoms with van der Waals surface area (Å²) in [4.78, 5) is 42.9. The molecule has 1 aliphatic heterocycles. The van der Waals surface area contributed by atoms with Crippen LogP contribution in [-0.2, 0) is 20.7 Å². The van der Waals surface area contributed by atoms with Crippen molar-refractivity contribution in [2.45, 2.75) is 71.2 Å². The monoisotopic (exact) mass is 620 g/mol. The molecule has 0 aromatic heterocycles. The lowest BCUT2D eigenvalue weighted by Crippen LogP contribution is -2.48. The number of rotatable bonds is 10. The van der Waals surface area contributed by atoms with Gasteiger partial charge in [-0.3, -0.25) is 14.5 Å². The van der Waals surface area contributed by atoms with Gasteiger partial charge in [-0.2, -0.15) is 0 Å². The normalized spacial score (nSPS) is 17.0. The Hall–Kier alpha value is -2.85. The predicted octanol–water partition coefficient (Wildman–Crippen LogP) is 5.29. The molecule has 3 N–H and O–H groups in total. The molecule has 11 heteroatoms. The molecule has 0 saturated carbocycles. The van der Waals surface area contributed by atoms with Crippen LogP contribution >= 0.6 is 23.2 Å². The Morgan fingerprint density at radius 1 is 1.12 bits per heavy atom. The molecular formula is C31H42Cl2N4O5. The number of nitrogens with one attached hydrogen (secondary N) is 2. The minimum absolute atomic E-state index is 0.117. The van der Waals surface area contributed by atoms with Gasteiger partial charge in [-0.05, 0) is 68.5 Å². The molecule has 1 heterocycles. The number of hydrogen-bond donors (Lipinski definition) is 3. The highest BCUT2D eigenvalue weighted by atomic mass is 35.5. The van der Waals surface area contributed by atoms with E-state index in [-0.39, 0.29) is 30.2 Å². The molecule has 1 fully saturated rings. The maximum Gasteiger partial charge on any atom is 0.408 e. The van der Waals surface area contributed by atoms with Crippen molar-refractivity contribution >= 4 is 46.8 Å². The number of likely N-dealkylation sites (tertiary alicyclic amines) is 1. The Kier molecular flexibility index (Phi) is 11.7. The summed E-state index contributed by atoms with van der Waals surface area (Å²) < 4.78 is 5.34. The van der Waals surface area contributed by atoms with Crippen LogP contribution in [0.2, 0.25) is 10.0 Å². The van der Waals surface area contributed by atoms with E-state index >= 15 is 0 Å². The largest absolute Gasteiger partial charge is 0.444 e. The zero-order chi connectivity index (χ0) is 31.2. The molecule has 0 aliphatic carbocycles. The van der Waals surface area contributed by atoms with Crippen LogP contribution in [0.1, 0.15) is 58.2 Å². The highest BCUT2D eigenvalue weighted by Crippen LogP contribution is 2.28. The van der Waals surface area contributed by atoms with Gasteiger partial charge in [-0.25, -0.2) is 4.79 Å². The first-order chi connectivity index (χ1) is 19.6. The topological polar surface area (TPSA) is 111 Å². The highest BCUT2D eigenvalue weighted by Gasteiger charge is 2.30. The van der Waals surface area contributed by atoms with Crippen LogP contribution in [0.25, 0.3) is 0 Å². The third kappa shape index (κ3) is 9.87. The van der Waals surface area contributed by atoms with Crippen LogP contribution in [0, 0.1) is 5.92 Å². The fourth-order valence-corrected chi connectivity index (χ4v) is 5.13. The Balaban J connectivity index is 1.81. The van der Waals surface area contributed by atoms with Gasteiger partial charge in [0, 0.05) is 32.4 Å². The van der Waals surface area contributed by atoms with Crippen molar-refractivity contribution in [2.75, 3.05) is 32.0 Å². The quantitative estimate of drug-likeness (QED) is 0.333. The van der Waals surface area contributed by atoms with Gasteiger partial charge in [0.1, 0.15) is 11.6 Å². The lowest BCUT2D eigenvalue weighted by atomic mass is 10.0. The molecule has 42 heavy (non-hydrogen) atoms. The Morgan fingerprint density at radius 3 is 2.43 bits per heavy atom. The average molecular weight is 622 g/mol. The molecule has 2 aromatic rings. The van der Waals surface area contributed by atoms with Crippen molar-refractivity contribution in [1.29, 1.82) is 0 Å². The number of carbonyl (C=O) groups excluding carboxylic acids is 3. The van der Waals surface area contributed by atoms with E-state index in [0.29, 0.717) is 35.2 Å². The summed E-state index contributed by atoms with van der Waals surface area (Å²) in [5, 5.41) is 16.5. The number of halogens is 2. The molecule has 0 bridgehead atoms. The van der Waals surface area contributed by atoms with Gasteiger partial charge in [-0.15, -0.1) is 0 Å². The van der Waals surface area contributed by atoms with Crippen LogP contribution in [0.4, 0.5) is 10.5 Å². The van der Waals surface area contributed by atoms with Crippen molar-refractivity contribution < 1.29 is 24.2 Å². The number of aliphatic hydroxyl groups is 1. The molecule has 3 atom stereocenters. The number of β-amino-alcohol motifs (C(OH)–C–C–N with tert-alkyl or cyclic N) is 1. The predicted molar refractivity (Wildman–Crippen MR) is 166 cm³/mol. The lowest BCUT2D eigenvalue weighted by molar-refractivity contribution is -0.131.